The van der Waals surface area contributed by atoms with Gasteiger partial charge in [-0.25, -0.2) is 0 Å². The van der Waals surface area contributed by atoms with Crippen molar-refractivity contribution in [2.75, 3.05) is 0 Å². The molecule has 0 heterocycles. The predicted molar refractivity (Wildman–Crippen MR) is 28.0 cm³/mol. The fraction of sp³-hybridized carbons (Fsp3) is 0. The van der Waals surface area contributed by atoms with Gasteiger partial charge in [-0.15, -0.1) is 0 Å². The summed E-state index contributed by atoms with van der Waals surface area (Å²) in [4.78, 5) is 0. The summed E-state index contributed by atoms with van der Waals surface area (Å²) in [7, 11) is 0. The molecule has 9 heavy (non-hydrogen) atoms. The van der Waals surface area contributed by atoms with Crippen molar-refractivity contribution < 1.29 is 36.0 Å². The Morgan fingerprint density at radius 1 is 1.11 bits per heavy atom. The first-order valence-electron chi connectivity index (χ1n) is 2.36. The molecule has 1 rings (SSSR count). The Balaban J connectivity index is 0.000000640. The van der Waals surface area contributed by atoms with Gasteiger partial charge in [-0.05, 0) is 0 Å². The normalized spacial score (nSPS) is 8.33. The number of halogens is 1. The summed E-state index contributed by atoms with van der Waals surface area (Å²) in [5, 5.41) is 0. The Bertz CT molecular complexity index is 152. The quantitative estimate of drug-likeness (QED) is 0.652. The van der Waals surface area contributed by atoms with Crippen molar-refractivity contribution in [2.24, 2.45) is 0 Å². The van der Waals surface area contributed by atoms with Gasteiger partial charge in [0, 0.05) is 0 Å². The van der Waals surface area contributed by atoms with E-state index in [1.807, 2.05) is 12.1 Å². The molecule has 0 aromatic heterocycles. The SMILES string of the molecule is Fc1cc[c]([Hg+])cc1.[OH-]. The van der Waals surface area contributed by atoms with E-state index in [1.54, 1.807) is 0 Å². The largest absolute Gasteiger partial charge is 0.870 e. The van der Waals surface area contributed by atoms with Crippen LogP contribution in [0.2, 0.25) is 0 Å². The maximum Gasteiger partial charge on any atom is -0.870 e. The number of hydrogen-bond donors (Lipinski definition) is 0. The fourth-order valence-corrected chi connectivity index (χ4v) is 1.40. The van der Waals surface area contributed by atoms with Crippen molar-refractivity contribution in [1.29, 1.82) is 0 Å². The van der Waals surface area contributed by atoms with Crippen molar-refractivity contribution in [3.8, 4) is 0 Å². The molecule has 44 valence electrons. The van der Waals surface area contributed by atoms with Crippen LogP contribution in [0.15, 0.2) is 24.3 Å². The van der Waals surface area contributed by atoms with Crippen molar-refractivity contribution in [1.82, 2.24) is 0 Å². The monoisotopic (exact) mass is 314 g/mol. The minimum absolute atomic E-state index is 0. The molecule has 3 heteroatoms. The van der Waals surface area contributed by atoms with Crippen LogP contribution in [-0.2, 0) is 26.1 Å². The van der Waals surface area contributed by atoms with Gasteiger partial charge in [0.25, 0.3) is 0 Å². The smallest absolute Gasteiger partial charge is 0.870 e. The van der Waals surface area contributed by atoms with E-state index in [2.05, 4.69) is 0 Å². The summed E-state index contributed by atoms with van der Waals surface area (Å²) in [5.74, 6) is -0.140. The summed E-state index contributed by atoms with van der Waals surface area (Å²) >= 11 is 0.635. The Hall–Kier alpha value is 0.0451. The molecule has 0 spiro atoms. The van der Waals surface area contributed by atoms with Gasteiger partial charge < -0.3 is 5.48 Å². The van der Waals surface area contributed by atoms with E-state index in [0.29, 0.717) is 26.1 Å². The van der Waals surface area contributed by atoms with Crippen LogP contribution in [0.5, 0.6) is 0 Å². The maximum absolute atomic E-state index is 12.1. The predicted octanol–water partition coefficient (Wildman–Crippen LogP) is 0.821. The molecular weight excluding hydrogens is 308 g/mol. The molecule has 0 radical (unpaired) electrons. The fourth-order valence-electron chi connectivity index (χ4n) is 0.484. The van der Waals surface area contributed by atoms with Crippen LogP contribution < -0.4 is 3.07 Å². The zero-order valence-electron chi connectivity index (χ0n) is 4.84. The zero-order valence-corrected chi connectivity index (χ0v) is 10.3. The molecule has 0 aliphatic carbocycles. The number of rotatable bonds is 0. The summed E-state index contributed by atoms with van der Waals surface area (Å²) in [6.45, 7) is 0. The molecule has 1 nitrogen and oxygen atoms in total. The van der Waals surface area contributed by atoms with Gasteiger partial charge in [-0.2, -0.15) is 0 Å². The van der Waals surface area contributed by atoms with Gasteiger partial charge in [0.05, 0.1) is 0 Å². The van der Waals surface area contributed by atoms with Crippen LogP contribution >= 0.6 is 0 Å². The Morgan fingerprint density at radius 2 is 1.56 bits per heavy atom. The first-order chi connectivity index (χ1) is 3.79. The van der Waals surface area contributed by atoms with Crippen LogP contribution in [0, 0.1) is 5.82 Å². The Morgan fingerprint density at radius 3 is 1.89 bits per heavy atom. The molecule has 0 aliphatic rings. The van der Waals surface area contributed by atoms with Gasteiger partial charge >= 0.3 is 63.7 Å². The minimum Gasteiger partial charge on any atom is -0.870 e. The molecule has 0 bridgehead atoms. The van der Waals surface area contributed by atoms with Crippen LogP contribution in [0.25, 0.3) is 0 Å². The standard InChI is InChI=1S/C6H4F.Hg.H2O/c7-6-4-2-1-3-5-6;;/h2-5H;;1H2/q;+1;/p-1. The van der Waals surface area contributed by atoms with E-state index < -0.39 is 0 Å². The van der Waals surface area contributed by atoms with E-state index in [-0.39, 0.29) is 11.3 Å². The molecule has 0 saturated carbocycles. The topological polar surface area (TPSA) is 30.0 Å². The van der Waals surface area contributed by atoms with E-state index in [0.717, 1.165) is 0 Å². The number of hydrogen-bond acceptors (Lipinski definition) is 1. The van der Waals surface area contributed by atoms with E-state index in [9.17, 15) is 4.39 Å². The van der Waals surface area contributed by atoms with Crippen LogP contribution in [-0.4, -0.2) is 5.48 Å². The van der Waals surface area contributed by atoms with Crippen LogP contribution in [0.3, 0.4) is 0 Å². The van der Waals surface area contributed by atoms with Gasteiger partial charge in [-0.1, -0.05) is 0 Å². The summed E-state index contributed by atoms with van der Waals surface area (Å²) in [6, 6.07) is 6.67. The first-order valence-corrected chi connectivity index (χ1v) is 5.11. The Labute approximate surface area is 69.2 Å². The molecule has 1 aromatic rings. The van der Waals surface area contributed by atoms with Crippen molar-refractivity contribution in [3.63, 3.8) is 0 Å². The van der Waals surface area contributed by atoms with Gasteiger partial charge in [0.2, 0.25) is 0 Å². The molecule has 0 amide bonds. The van der Waals surface area contributed by atoms with Crippen LogP contribution in [0.1, 0.15) is 0 Å². The molecule has 0 saturated heterocycles. The molecule has 0 atom stereocenters. The average Bonchev–Trinajstić information content (AvgIpc) is 1.77. The summed E-state index contributed by atoms with van der Waals surface area (Å²) in [5.41, 5.74) is 0. The van der Waals surface area contributed by atoms with E-state index >= 15 is 0 Å². The second kappa shape index (κ2) is 3.96. The molecule has 1 aromatic carbocycles. The summed E-state index contributed by atoms with van der Waals surface area (Å²) in [6.07, 6.45) is 0. The molecule has 1 N–H and O–H groups in total. The van der Waals surface area contributed by atoms with Crippen molar-refractivity contribution in [3.05, 3.63) is 30.1 Å². The average molecular weight is 313 g/mol. The van der Waals surface area contributed by atoms with Crippen molar-refractivity contribution >= 4 is 3.07 Å². The second-order valence-corrected chi connectivity index (χ2v) is 4.80. The maximum atomic E-state index is 12.1. The molecular formula is C6H5FHgO. The first kappa shape index (κ1) is 9.05. The summed E-state index contributed by atoms with van der Waals surface area (Å²) < 4.78 is 13.4. The molecule has 0 aliphatic heterocycles. The number of benzene rings is 1. The third-order valence-corrected chi connectivity index (χ3v) is 2.75. The van der Waals surface area contributed by atoms with Crippen LogP contribution in [0.4, 0.5) is 4.39 Å². The van der Waals surface area contributed by atoms with Gasteiger partial charge in [0.15, 0.2) is 0 Å². The van der Waals surface area contributed by atoms with E-state index in [4.69, 9.17) is 0 Å². The second-order valence-electron chi connectivity index (χ2n) is 1.63. The molecule has 0 unspecified atom stereocenters. The van der Waals surface area contributed by atoms with E-state index in [1.165, 1.54) is 15.2 Å². The van der Waals surface area contributed by atoms with Gasteiger partial charge in [0.1, 0.15) is 0 Å². The zero-order chi connectivity index (χ0) is 5.98. The molecule has 0 fully saturated rings. The third-order valence-electron chi connectivity index (χ3n) is 0.913. The van der Waals surface area contributed by atoms with Gasteiger partial charge in [-0.3, -0.25) is 0 Å². The minimum atomic E-state index is -0.140. The Kier molecular flexibility index (Phi) is 3.98. The van der Waals surface area contributed by atoms with Crippen molar-refractivity contribution in [2.45, 2.75) is 0 Å². The third kappa shape index (κ3) is 2.91.